The van der Waals surface area contributed by atoms with Gasteiger partial charge in [-0.25, -0.2) is 9.78 Å². The van der Waals surface area contributed by atoms with Gasteiger partial charge in [0.1, 0.15) is 5.82 Å². The molecule has 0 unspecified atom stereocenters. The van der Waals surface area contributed by atoms with E-state index in [0.717, 1.165) is 51.4 Å². The predicted octanol–water partition coefficient (Wildman–Crippen LogP) is 2.78. The van der Waals surface area contributed by atoms with E-state index in [1.54, 1.807) is 0 Å². The normalized spacial score (nSPS) is 19.1. The van der Waals surface area contributed by atoms with Crippen molar-refractivity contribution in [3.63, 3.8) is 0 Å². The number of urea groups is 1. The molecule has 0 atom stereocenters. The van der Waals surface area contributed by atoms with Crippen molar-refractivity contribution in [2.75, 3.05) is 37.6 Å². The molecule has 2 aliphatic heterocycles. The third-order valence-corrected chi connectivity index (χ3v) is 5.32. The number of hydrogen-bond acceptors (Lipinski definition) is 3. The van der Waals surface area contributed by atoms with Crippen molar-refractivity contribution in [3.8, 4) is 0 Å². The van der Waals surface area contributed by atoms with Crippen molar-refractivity contribution in [1.82, 2.24) is 15.2 Å². The Labute approximate surface area is 142 Å². The summed E-state index contributed by atoms with van der Waals surface area (Å²) in [7, 11) is 0. The second-order valence-electron chi connectivity index (χ2n) is 6.92. The highest BCUT2D eigenvalue weighted by Crippen LogP contribution is 2.30. The maximum absolute atomic E-state index is 11.7. The number of carbonyl (C=O) groups is 1. The van der Waals surface area contributed by atoms with Crippen molar-refractivity contribution in [3.05, 3.63) is 36.0 Å². The zero-order chi connectivity index (χ0) is 16.5. The average Bonchev–Trinajstić information content (AvgIpc) is 3.00. The van der Waals surface area contributed by atoms with Gasteiger partial charge in [0.25, 0.3) is 0 Å². The maximum atomic E-state index is 11.7. The number of hydrogen-bond donors (Lipinski definition) is 1. The molecular weight excluding hydrogens is 300 g/mol. The second kappa shape index (κ2) is 6.30. The third-order valence-electron chi connectivity index (χ3n) is 5.32. The van der Waals surface area contributed by atoms with Crippen molar-refractivity contribution in [1.29, 1.82) is 0 Å². The third kappa shape index (κ3) is 2.79. The molecule has 0 radical (unpaired) electrons. The van der Waals surface area contributed by atoms with Gasteiger partial charge < -0.3 is 15.1 Å². The smallest absolute Gasteiger partial charge is 0.317 e. The van der Waals surface area contributed by atoms with Gasteiger partial charge in [0.2, 0.25) is 0 Å². The molecule has 2 aromatic rings. The Balaban J connectivity index is 1.47. The number of amides is 2. The van der Waals surface area contributed by atoms with Crippen LogP contribution in [0.15, 0.2) is 30.5 Å². The second-order valence-corrected chi connectivity index (χ2v) is 6.92. The van der Waals surface area contributed by atoms with E-state index in [0.29, 0.717) is 5.92 Å². The lowest BCUT2D eigenvalue weighted by molar-refractivity contribution is 0.203. The number of piperidine rings is 1. The minimum Gasteiger partial charge on any atom is -0.356 e. The largest absolute Gasteiger partial charge is 0.356 e. The number of nitrogens with one attached hydrogen (secondary N) is 1. The number of pyridine rings is 1. The Kier molecular flexibility index (Phi) is 4.00. The van der Waals surface area contributed by atoms with E-state index in [1.807, 2.05) is 11.1 Å². The Morgan fingerprint density at radius 1 is 1.21 bits per heavy atom. The van der Waals surface area contributed by atoms with Crippen LogP contribution in [0.5, 0.6) is 0 Å². The zero-order valence-electron chi connectivity index (χ0n) is 14.2. The molecule has 0 aliphatic carbocycles. The van der Waals surface area contributed by atoms with Gasteiger partial charge in [-0.2, -0.15) is 0 Å². The van der Waals surface area contributed by atoms with Crippen LogP contribution in [0.3, 0.4) is 0 Å². The molecule has 2 fully saturated rings. The van der Waals surface area contributed by atoms with Crippen LogP contribution in [-0.4, -0.2) is 48.6 Å². The molecule has 24 heavy (non-hydrogen) atoms. The van der Waals surface area contributed by atoms with E-state index in [2.05, 4.69) is 46.4 Å². The van der Waals surface area contributed by atoms with E-state index < -0.39 is 0 Å². The van der Waals surface area contributed by atoms with Gasteiger partial charge in [-0.15, -0.1) is 0 Å². The van der Waals surface area contributed by atoms with Gasteiger partial charge >= 0.3 is 6.03 Å². The lowest BCUT2D eigenvalue weighted by atomic mass is 9.95. The first-order valence-electron chi connectivity index (χ1n) is 8.84. The first kappa shape index (κ1) is 15.2. The first-order chi connectivity index (χ1) is 11.7. The van der Waals surface area contributed by atoms with Gasteiger partial charge in [-0.1, -0.05) is 18.2 Å². The van der Waals surface area contributed by atoms with Gasteiger partial charge in [0, 0.05) is 44.3 Å². The van der Waals surface area contributed by atoms with Gasteiger partial charge in [-0.3, -0.25) is 0 Å². The van der Waals surface area contributed by atoms with Crippen LogP contribution in [0.4, 0.5) is 10.6 Å². The Morgan fingerprint density at radius 2 is 2.04 bits per heavy atom. The summed E-state index contributed by atoms with van der Waals surface area (Å²) in [5.41, 5.74) is 1.28. The fraction of sp³-hybridized carbons (Fsp3) is 0.474. The molecular formula is C19H24N4O. The minimum absolute atomic E-state index is 0.101. The summed E-state index contributed by atoms with van der Waals surface area (Å²) in [6.07, 6.45) is 4.15. The van der Waals surface area contributed by atoms with Crippen molar-refractivity contribution >= 4 is 22.6 Å². The lowest BCUT2D eigenvalue weighted by Crippen LogP contribution is -2.40. The van der Waals surface area contributed by atoms with E-state index in [-0.39, 0.29) is 6.03 Å². The molecule has 0 spiro atoms. The van der Waals surface area contributed by atoms with Crippen LogP contribution in [0.1, 0.15) is 18.4 Å². The highest BCUT2D eigenvalue weighted by atomic mass is 16.2. The Morgan fingerprint density at radius 3 is 2.79 bits per heavy atom. The molecule has 1 N–H and O–H groups in total. The number of anilines is 1. The van der Waals surface area contributed by atoms with Crippen LogP contribution in [0.2, 0.25) is 0 Å². The molecule has 0 bridgehead atoms. The zero-order valence-corrected chi connectivity index (χ0v) is 14.2. The van der Waals surface area contributed by atoms with E-state index >= 15 is 0 Å². The van der Waals surface area contributed by atoms with Gasteiger partial charge in [0.05, 0.1) is 0 Å². The fourth-order valence-electron chi connectivity index (χ4n) is 3.95. The highest BCUT2D eigenvalue weighted by molar-refractivity contribution is 5.94. The lowest BCUT2D eigenvalue weighted by Gasteiger charge is -2.35. The number of benzene rings is 1. The molecule has 3 heterocycles. The average molecular weight is 324 g/mol. The maximum Gasteiger partial charge on any atom is 0.317 e. The van der Waals surface area contributed by atoms with Crippen LogP contribution in [0, 0.1) is 12.8 Å². The minimum atomic E-state index is 0.101. The Hall–Kier alpha value is -2.30. The summed E-state index contributed by atoms with van der Waals surface area (Å²) in [5.74, 6) is 1.71. The van der Waals surface area contributed by atoms with E-state index in [4.69, 9.17) is 0 Å². The molecule has 5 nitrogen and oxygen atoms in total. The molecule has 2 aliphatic rings. The quantitative estimate of drug-likeness (QED) is 0.944. The number of fused-ring (bicyclic) bond motifs is 1. The molecule has 1 aromatic carbocycles. The molecule has 1 aromatic heterocycles. The fourth-order valence-corrected chi connectivity index (χ4v) is 3.95. The highest BCUT2D eigenvalue weighted by Gasteiger charge is 2.27. The standard InChI is InChI=1S/C19H24N4O/c1-14-3-2-4-16-5-8-20-18(17(14)16)22-10-6-15(7-11-22)13-23-12-9-21-19(23)24/h2-5,8,15H,6-7,9-13H2,1H3,(H,21,24). The number of aromatic nitrogens is 1. The van der Waals surface area contributed by atoms with Crippen LogP contribution >= 0.6 is 0 Å². The van der Waals surface area contributed by atoms with E-state index in [1.165, 1.54) is 16.3 Å². The number of aryl methyl sites for hydroxylation is 1. The van der Waals surface area contributed by atoms with Crippen LogP contribution in [0.25, 0.3) is 10.8 Å². The summed E-state index contributed by atoms with van der Waals surface area (Å²) in [5, 5.41) is 5.42. The number of carbonyl (C=O) groups excluding carboxylic acids is 1. The summed E-state index contributed by atoms with van der Waals surface area (Å²) >= 11 is 0. The first-order valence-corrected chi connectivity index (χ1v) is 8.84. The van der Waals surface area contributed by atoms with Gasteiger partial charge in [-0.05, 0) is 42.7 Å². The summed E-state index contributed by atoms with van der Waals surface area (Å²) in [6.45, 7) is 6.72. The van der Waals surface area contributed by atoms with Crippen LogP contribution in [-0.2, 0) is 0 Å². The van der Waals surface area contributed by atoms with E-state index in [9.17, 15) is 4.79 Å². The van der Waals surface area contributed by atoms with Crippen molar-refractivity contribution < 1.29 is 4.79 Å². The van der Waals surface area contributed by atoms with Crippen molar-refractivity contribution in [2.24, 2.45) is 5.92 Å². The number of nitrogens with zero attached hydrogens (tertiary/aromatic N) is 3. The molecule has 0 saturated carbocycles. The predicted molar refractivity (Wildman–Crippen MR) is 96.4 cm³/mol. The number of rotatable bonds is 3. The van der Waals surface area contributed by atoms with Crippen molar-refractivity contribution in [2.45, 2.75) is 19.8 Å². The molecule has 4 rings (SSSR count). The molecule has 126 valence electrons. The monoisotopic (exact) mass is 324 g/mol. The topological polar surface area (TPSA) is 48.5 Å². The molecule has 2 amide bonds. The summed E-state index contributed by atoms with van der Waals surface area (Å²) < 4.78 is 0. The summed E-state index contributed by atoms with van der Waals surface area (Å²) in [4.78, 5) is 20.8. The molecule has 5 heteroatoms. The summed E-state index contributed by atoms with van der Waals surface area (Å²) in [6, 6.07) is 8.61. The molecule has 2 saturated heterocycles. The van der Waals surface area contributed by atoms with Crippen LogP contribution < -0.4 is 10.2 Å². The Bertz CT molecular complexity index is 747. The van der Waals surface area contributed by atoms with Gasteiger partial charge in [0.15, 0.2) is 0 Å². The SMILES string of the molecule is Cc1cccc2ccnc(N3CCC(CN4CCNC4=O)CC3)c12.